The Balaban J connectivity index is 1.66. The number of hydrogen-bond donors (Lipinski definition) is 1. The second-order valence-corrected chi connectivity index (χ2v) is 9.08. The summed E-state index contributed by atoms with van der Waals surface area (Å²) >= 11 is 0. The van der Waals surface area contributed by atoms with Crippen LogP contribution in [0.15, 0.2) is 83.0 Å². The Hall–Kier alpha value is -2.49. The van der Waals surface area contributed by atoms with Gasteiger partial charge in [-0.1, -0.05) is 36.4 Å². The molecule has 26 heavy (non-hydrogen) atoms. The summed E-state index contributed by atoms with van der Waals surface area (Å²) in [5.74, 6) is 0. The molecule has 0 amide bonds. The van der Waals surface area contributed by atoms with Crippen molar-refractivity contribution >= 4 is 20.0 Å². The Bertz CT molecular complexity index is 1080. The van der Waals surface area contributed by atoms with E-state index >= 15 is 0 Å². The molecule has 0 bridgehead atoms. The first kappa shape index (κ1) is 18.3. The highest BCUT2D eigenvalue weighted by molar-refractivity contribution is 7.90. The van der Waals surface area contributed by atoms with Crippen molar-refractivity contribution in [3.8, 4) is 0 Å². The lowest BCUT2D eigenvalue weighted by atomic mass is 10.3. The zero-order valence-electron chi connectivity index (χ0n) is 13.7. The van der Waals surface area contributed by atoms with Gasteiger partial charge in [0.15, 0.2) is 0 Å². The van der Waals surface area contributed by atoms with E-state index < -0.39 is 20.0 Å². The van der Waals surface area contributed by atoms with Crippen LogP contribution in [0.3, 0.4) is 0 Å². The van der Waals surface area contributed by atoms with Crippen LogP contribution >= 0.6 is 0 Å². The van der Waals surface area contributed by atoms with Crippen LogP contribution in [-0.2, 0) is 26.5 Å². The van der Waals surface area contributed by atoms with Gasteiger partial charge in [-0.15, -0.1) is 0 Å². The van der Waals surface area contributed by atoms with Crippen molar-refractivity contribution in [2.75, 3.05) is 6.54 Å². The molecule has 3 rings (SSSR count). The minimum absolute atomic E-state index is 0.111. The van der Waals surface area contributed by atoms with Gasteiger partial charge in [0.05, 0.1) is 15.5 Å². The van der Waals surface area contributed by atoms with E-state index in [1.54, 1.807) is 36.4 Å². The normalized spacial score (nSPS) is 12.2. The summed E-state index contributed by atoms with van der Waals surface area (Å²) < 4.78 is 52.7. The number of imidazole rings is 1. The molecule has 0 radical (unpaired) electrons. The number of benzene rings is 2. The molecule has 3 aromatic rings. The Kier molecular flexibility index (Phi) is 5.21. The van der Waals surface area contributed by atoms with Crippen molar-refractivity contribution in [2.45, 2.75) is 16.2 Å². The molecule has 0 unspecified atom stereocenters. The average Bonchev–Trinajstić information content (AvgIpc) is 3.13. The molecular weight excluding hydrogens is 374 g/mol. The lowest BCUT2D eigenvalue weighted by molar-refractivity contribution is 0.580. The number of rotatable bonds is 7. The molecule has 136 valence electrons. The van der Waals surface area contributed by atoms with E-state index in [2.05, 4.69) is 9.71 Å². The molecule has 0 saturated heterocycles. The van der Waals surface area contributed by atoms with E-state index in [0.29, 0.717) is 5.69 Å². The zero-order valence-corrected chi connectivity index (χ0v) is 15.3. The van der Waals surface area contributed by atoms with Gasteiger partial charge in [0, 0.05) is 19.2 Å². The summed E-state index contributed by atoms with van der Waals surface area (Å²) in [5.41, 5.74) is 0.472. The van der Waals surface area contributed by atoms with E-state index in [9.17, 15) is 16.8 Å². The monoisotopic (exact) mass is 391 g/mol. The zero-order chi connectivity index (χ0) is 18.6. The summed E-state index contributed by atoms with van der Waals surface area (Å²) in [4.78, 5) is 4.39. The van der Waals surface area contributed by atoms with Crippen molar-refractivity contribution in [3.63, 3.8) is 0 Å². The van der Waals surface area contributed by atoms with Crippen LogP contribution in [-0.4, -0.2) is 32.3 Å². The SMILES string of the molecule is O=S(=O)(NCCc1cn(S(=O)(=O)c2ccccc2)cn1)c1ccccc1. The fourth-order valence-corrected chi connectivity index (χ4v) is 4.54. The van der Waals surface area contributed by atoms with Crippen LogP contribution in [0.5, 0.6) is 0 Å². The topological polar surface area (TPSA) is 98.1 Å². The molecule has 0 atom stereocenters. The molecule has 0 saturated carbocycles. The minimum atomic E-state index is -3.70. The van der Waals surface area contributed by atoms with Crippen molar-refractivity contribution in [2.24, 2.45) is 0 Å². The van der Waals surface area contributed by atoms with E-state index in [1.165, 1.54) is 36.8 Å². The molecule has 0 aliphatic heterocycles. The molecule has 0 spiro atoms. The summed E-state index contributed by atoms with van der Waals surface area (Å²) in [5, 5.41) is 0. The number of sulfonamides is 1. The Morgan fingerprint density at radius 2 is 1.42 bits per heavy atom. The number of nitrogens with zero attached hydrogens (tertiary/aromatic N) is 2. The third kappa shape index (κ3) is 4.01. The highest BCUT2D eigenvalue weighted by atomic mass is 32.2. The molecule has 0 fully saturated rings. The second-order valence-electron chi connectivity index (χ2n) is 5.47. The van der Waals surface area contributed by atoms with E-state index in [1.807, 2.05) is 0 Å². The quantitative estimate of drug-likeness (QED) is 0.660. The molecule has 1 N–H and O–H groups in total. The lowest BCUT2D eigenvalue weighted by Gasteiger charge is -2.05. The minimum Gasteiger partial charge on any atom is -0.241 e. The fourth-order valence-electron chi connectivity index (χ4n) is 2.32. The standard InChI is InChI=1S/C17H17N3O4S2/c21-25(22,16-7-3-1-4-8-16)19-12-11-15-13-20(14-18-15)26(23,24)17-9-5-2-6-10-17/h1-10,13-14,19H,11-12H2. The number of nitrogens with one attached hydrogen (secondary N) is 1. The third-order valence-corrected chi connectivity index (χ3v) is 6.76. The number of aromatic nitrogens is 2. The van der Waals surface area contributed by atoms with Gasteiger partial charge in [-0.2, -0.15) is 0 Å². The maximum Gasteiger partial charge on any atom is 0.268 e. The van der Waals surface area contributed by atoms with Crippen LogP contribution < -0.4 is 4.72 Å². The maximum absolute atomic E-state index is 12.5. The fraction of sp³-hybridized carbons (Fsp3) is 0.118. The van der Waals surface area contributed by atoms with Crippen LogP contribution in [0.2, 0.25) is 0 Å². The predicted octanol–water partition coefficient (Wildman–Crippen LogP) is 1.64. The Morgan fingerprint density at radius 3 is 2.04 bits per heavy atom. The highest BCUT2D eigenvalue weighted by Gasteiger charge is 2.17. The van der Waals surface area contributed by atoms with Gasteiger partial charge >= 0.3 is 0 Å². The summed E-state index contributed by atoms with van der Waals surface area (Å²) in [6.45, 7) is 0.111. The summed E-state index contributed by atoms with van der Waals surface area (Å²) in [6.07, 6.45) is 2.87. The van der Waals surface area contributed by atoms with Gasteiger partial charge in [0.1, 0.15) is 6.33 Å². The summed E-state index contributed by atoms with van der Waals surface area (Å²) in [7, 11) is -7.30. The average molecular weight is 391 g/mol. The molecule has 1 heterocycles. The van der Waals surface area contributed by atoms with Crippen LogP contribution in [0.1, 0.15) is 5.69 Å². The van der Waals surface area contributed by atoms with Gasteiger partial charge in [0.25, 0.3) is 10.0 Å². The molecule has 0 aliphatic rings. The smallest absolute Gasteiger partial charge is 0.241 e. The highest BCUT2D eigenvalue weighted by Crippen LogP contribution is 2.13. The van der Waals surface area contributed by atoms with E-state index in [0.717, 1.165) is 3.97 Å². The first-order valence-electron chi connectivity index (χ1n) is 7.78. The summed E-state index contributed by atoms with van der Waals surface area (Å²) in [6, 6.07) is 16.1. The van der Waals surface area contributed by atoms with Gasteiger partial charge in [0.2, 0.25) is 10.0 Å². The first-order chi connectivity index (χ1) is 12.4. The van der Waals surface area contributed by atoms with Crippen LogP contribution in [0, 0.1) is 0 Å². The molecule has 9 heteroatoms. The van der Waals surface area contributed by atoms with E-state index in [-0.39, 0.29) is 22.8 Å². The molecule has 1 aromatic heterocycles. The predicted molar refractivity (Wildman–Crippen MR) is 96.6 cm³/mol. The molecule has 0 aliphatic carbocycles. The van der Waals surface area contributed by atoms with Crippen molar-refractivity contribution < 1.29 is 16.8 Å². The Labute approximate surface area is 152 Å². The molecule has 7 nitrogen and oxygen atoms in total. The van der Waals surface area contributed by atoms with E-state index in [4.69, 9.17) is 0 Å². The first-order valence-corrected chi connectivity index (χ1v) is 10.7. The van der Waals surface area contributed by atoms with Gasteiger partial charge in [-0.05, 0) is 24.3 Å². The van der Waals surface area contributed by atoms with Crippen molar-refractivity contribution in [3.05, 3.63) is 78.9 Å². The van der Waals surface area contributed by atoms with Crippen LogP contribution in [0.4, 0.5) is 0 Å². The largest absolute Gasteiger partial charge is 0.268 e. The second kappa shape index (κ2) is 7.40. The number of hydrogen-bond acceptors (Lipinski definition) is 5. The molecular formula is C17H17N3O4S2. The Morgan fingerprint density at radius 1 is 0.846 bits per heavy atom. The van der Waals surface area contributed by atoms with Gasteiger partial charge < -0.3 is 0 Å². The van der Waals surface area contributed by atoms with Gasteiger partial charge in [-0.25, -0.2) is 30.5 Å². The lowest BCUT2D eigenvalue weighted by Crippen LogP contribution is -2.26. The third-order valence-electron chi connectivity index (χ3n) is 3.66. The van der Waals surface area contributed by atoms with Gasteiger partial charge in [-0.3, -0.25) is 0 Å². The maximum atomic E-state index is 12.5. The van der Waals surface area contributed by atoms with Crippen LogP contribution in [0.25, 0.3) is 0 Å². The van der Waals surface area contributed by atoms with Crippen molar-refractivity contribution in [1.82, 2.24) is 13.7 Å². The molecule has 2 aromatic carbocycles. The van der Waals surface area contributed by atoms with Crippen molar-refractivity contribution in [1.29, 1.82) is 0 Å².